The fraction of sp³-hybridized carbons (Fsp3) is 0.235. The number of nitro groups is 1. The number of para-hydroxylation sites is 1. The largest absolute Gasteiger partial charge is 0.480 e. The van der Waals surface area contributed by atoms with Crippen molar-refractivity contribution in [3.63, 3.8) is 0 Å². The number of amides is 1. The molecule has 0 aromatic heterocycles. The van der Waals surface area contributed by atoms with Crippen molar-refractivity contribution in [2.75, 3.05) is 18.4 Å². The van der Waals surface area contributed by atoms with Gasteiger partial charge in [0.1, 0.15) is 5.75 Å². The van der Waals surface area contributed by atoms with Gasteiger partial charge in [-0.25, -0.2) is 0 Å². The van der Waals surface area contributed by atoms with Crippen molar-refractivity contribution in [2.24, 2.45) is 0 Å². The van der Waals surface area contributed by atoms with Gasteiger partial charge in [-0.15, -0.1) is 0 Å². The molecular formula is C17H17N3O4. The number of anilines is 1. The van der Waals surface area contributed by atoms with Crippen molar-refractivity contribution >= 4 is 17.3 Å². The van der Waals surface area contributed by atoms with Gasteiger partial charge >= 0.3 is 0 Å². The Balaban J connectivity index is 1.41. The third-order valence-electron chi connectivity index (χ3n) is 3.77. The molecule has 1 unspecified atom stereocenters. The maximum Gasteiger partial charge on any atom is 0.269 e. The molecule has 0 radical (unpaired) electrons. The van der Waals surface area contributed by atoms with Crippen LogP contribution in [0.1, 0.15) is 5.56 Å². The number of fused-ring (bicyclic) bond motifs is 1. The first kappa shape index (κ1) is 15.8. The summed E-state index contributed by atoms with van der Waals surface area (Å²) >= 11 is 0. The fourth-order valence-electron chi connectivity index (χ4n) is 2.54. The van der Waals surface area contributed by atoms with E-state index in [9.17, 15) is 14.9 Å². The summed E-state index contributed by atoms with van der Waals surface area (Å²) in [4.78, 5) is 22.2. The first-order chi connectivity index (χ1) is 11.6. The van der Waals surface area contributed by atoms with Gasteiger partial charge in [0.2, 0.25) is 0 Å². The van der Waals surface area contributed by atoms with Crippen molar-refractivity contribution in [3.8, 4) is 5.75 Å². The lowest BCUT2D eigenvalue weighted by Gasteiger charge is -2.12. The first-order valence-corrected chi connectivity index (χ1v) is 7.64. The zero-order valence-corrected chi connectivity index (χ0v) is 12.9. The summed E-state index contributed by atoms with van der Waals surface area (Å²) in [5.74, 6) is 0.623. The second-order valence-corrected chi connectivity index (χ2v) is 5.44. The molecule has 124 valence electrons. The highest BCUT2D eigenvalue weighted by Gasteiger charge is 2.28. The van der Waals surface area contributed by atoms with Gasteiger partial charge in [0.05, 0.1) is 4.92 Å². The van der Waals surface area contributed by atoms with Gasteiger partial charge in [0.25, 0.3) is 11.6 Å². The Bertz CT molecular complexity index is 721. The Labute approximate surface area is 138 Å². The monoisotopic (exact) mass is 327 g/mol. The Kier molecular flexibility index (Phi) is 4.60. The van der Waals surface area contributed by atoms with Crippen LogP contribution in [0.25, 0.3) is 0 Å². The number of benzene rings is 2. The van der Waals surface area contributed by atoms with Crippen LogP contribution < -0.4 is 15.4 Å². The fourth-order valence-corrected chi connectivity index (χ4v) is 2.54. The predicted octanol–water partition coefficient (Wildman–Crippen LogP) is 2.13. The van der Waals surface area contributed by atoms with Crippen molar-refractivity contribution in [3.05, 3.63) is 64.2 Å². The SMILES string of the molecule is O=C(NCCNc1ccc([N+](=O)[O-])cc1)C1Cc2ccccc2O1. The molecular weight excluding hydrogens is 310 g/mol. The molecule has 2 aromatic carbocycles. The van der Waals surface area contributed by atoms with Crippen LogP contribution in [-0.2, 0) is 11.2 Å². The molecule has 0 spiro atoms. The van der Waals surface area contributed by atoms with E-state index in [0.717, 1.165) is 17.0 Å². The molecule has 1 heterocycles. The summed E-state index contributed by atoms with van der Waals surface area (Å²) in [6.07, 6.45) is 0.0967. The van der Waals surface area contributed by atoms with E-state index in [1.807, 2.05) is 24.3 Å². The summed E-state index contributed by atoms with van der Waals surface area (Å²) in [6.45, 7) is 0.954. The van der Waals surface area contributed by atoms with E-state index in [0.29, 0.717) is 19.5 Å². The summed E-state index contributed by atoms with van der Waals surface area (Å²) in [6, 6.07) is 13.8. The highest BCUT2D eigenvalue weighted by molar-refractivity contribution is 5.82. The van der Waals surface area contributed by atoms with E-state index in [-0.39, 0.29) is 11.6 Å². The van der Waals surface area contributed by atoms with Crippen LogP contribution in [0.2, 0.25) is 0 Å². The van der Waals surface area contributed by atoms with E-state index in [1.54, 1.807) is 12.1 Å². The van der Waals surface area contributed by atoms with Crippen LogP contribution in [0.15, 0.2) is 48.5 Å². The average Bonchev–Trinajstić information content (AvgIpc) is 3.03. The number of hydrogen-bond acceptors (Lipinski definition) is 5. The molecule has 1 aliphatic rings. The van der Waals surface area contributed by atoms with E-state index in [2.05, 4.69) is 10.6 Å². The minimum atomic E-state index is -0.484. The lowest BCUT2D eigenvalue weighted by molar-refractivity contribution is -0.384. The molecule has 0 aliphatic carbocycles. The molecule has 0 saturated carbocycles. The van der Waals surface area contributed by atoms with Crippen LogP contribution in [0, 0.1) is 10.1 Å². The lowest BCUT2D eigenvalue weighted by atomic mass is 10.1. The Morgan fingerprint density at radius 1 is 1.17 bits per heavy atom. The number of hydrogen-bond donors (Lipinski definition) is 2. The maximum absolute atomic E-state index is 12.1. The van der Waals surface area contributed by atoms with E-state index in [1.165, 1.54) is 12.1 Å². The molecule has 1 amide bonds. The number of nitrogens with zero attached hydrogens (tertiary/aromatic N) is 1. The molecule has 1 atom stereocenters. The molecule has 7 heteroatoms. The number of rotatable bonds is 6. The molecule has 2 aromatic rings. The highest BCUT2D eigenvalue weighted by Crippen LogP contribution is 2.28. The van der Waals surface area contributed by atoms with E-state index >= 15 is 0 Å². The third kappa shape index (κ3) is 3.62. The Morgan fingerprint density at radius 2 is 1.92 bits per heavy atom. The minimum Gasteiger partial charge on any atom is -0.480 e. The van der Waals surface area contributed by atoms with Crippen LogP contribution in [-0.4, -0.2) is 30.0 Å². The van der Waals surface area contributed by atoms with Gasteiger partial charge < -0.3 is 15.4 Å². The number of nitrogens with one attached hydrogen (secondary N) is 2. The number of carbonyl (C=O) groups excluding carboxylic acids is 1. The first-order valence-electron chi connectivity index (χ1n) is 7.64. The standard InChI is InChI=1S/C17H17N3O4/c21-17(16-11-12-3-1-2-4-15(12)24-16)19-10-9-18-13-5-7-14(8-6-13)20(22)23/h1-8,16,18H,9-11H2,(H,19,21). The number of nitro benzene ring substituents is 1. The number of carbonyl (C=O) groups is 1. The quantitative estimate of drug-likeness (QED) is 0.481. The topological polar surface area (TPSA) is 93.5 Å². The van der Waals surface area contributed by atoms with Gasteiger partial charge in [0.15, 0.2) is 6.10 Å². The van der Waals surface area contributed by atoms with Crippen molar-refractivity contribution < 1.29 is 14.5 Å². The zero-order chi connectivity index (χ0) is 16.9. The Hall–Kier alpha value is -3.09. The van der Waals surface area contributed by atoms with Gasteiger partial charge in [-0.05, 0) is 23.8 Å². The summed E-state index contributed by atoms with van der Waals surface area (Å²) in [5, 5.41) is 16.5. The van der Waals surface area contributed by atoms with Gasteiger partial charge in [-0.1, -0.05) is 18.2 Å². The molecule has 7 nitrogen and oxygen atoms in total. The van der Waals surface area contributed by atoms with Gasteiger partial charge in [-0.3, -0.25) is 14.9 Å². The zero-order valence-electron chi connectivity index (χ0n) is 12.9. The second kappa shape index (κ2) is 6.99. The second-order valence-electron chi connectivity index (χ2n) is 5.44. The van der Waals surface area contributed by atoms with E-state index < -0.39 is 11.0 Å². The molecule has 0 saturated heterocycles. The summed E-state index contributed by atoms with van der Waals surface area (Å²) in [7, 11) is 0. The van der Waals surface area contributed by atoms with Crippen molar-refractivity contribution in [2.45, 2.75) is 12.5 Å². The van der Waals surface area contributed by atoms with Crippen molar-refractivity contribution in [1.29, 1.82) is 0 Å². The van der Waals surface area contributed by atoms with Crippen molar-refractivity contribution in [1.82, 2.24) is 5.32 Å². The molecule has 0 bridgehead atoms. The summed E-state index contributed by atoms with van der Waals surface area (Å²) < 4.78 is 5.62. The lowest BCUT2D eigenvalue weighted by Crippen LogP contribution is -2.39. The molecule has 2 N–H and O–H groups in total. The van der Waals surface area contributed by atoms with Crippen LogP contribution in [0.4, 0.5) is 11.4 Å². The Morgan fingerprint density at radius 3 is 2.62 bits per heavy atom. The highest BCUT2D eigenvalue weighted by atomic mass is 16.6. The van der Waals surface area contributed by atoms with Crippen LogP contribution >= 0.6 is 0 Å². The minimum absolute atomic E-state index is 0.0480. The predicted molar refractivity (Wildman–Crippen MR) is 89.2 cm³/mol. The molecule has 3 rings (SSSR count). The molecule has 1 aliphatic heterocycles. The van der Waals surface area contributed by atoms with Crippen LogP contribution in [0.5, 0.6) is 5.75 Å². The third-order valence-corrected chi connectivity index (χ3v) is 3.77. The smallest absolute Gasteiger partial charge is 0.269 e. The van der Waals surface area contributed by atoms with Gasteiger partial charge in [-0.2, -0.15) is 0 Å². The summed E-state index contributed by atoms with van der Waals surface area (Å²) in [5.41, 5.74) is 1.85. The van der Waals surface area contributed by atoms with Gasteiger partial charge in [0, 0.05) is 37.3 Å². The number of ether oxygens (including phenoxy) is 1. The molecule has 24 heavy (non-hydrogen) atoms. The average molecular weight is 327 g/mol. The van der Waals surface area contributed by atoms with Crippen LogP contribution in [0.3, 0.4) is 0 Å². The molecule has 0 fully saturated rings. The number of non-ortho nitro benzene ring substituents is 1. The van der Waals surface area contributed by atoms with E-state index in [4.69, 9.17) is 4.74 Å². The maximum atomic E-state index is 12.1. The normalized spacial score (nSPS) is 15.2.